The van der Waals surface area contributed by atoms with Crippen molar-refractivity contribution in [3.05, 3.63) is 57.5 Å². The zero-order chi connectivity index (χ0) is 13.8. The van der Waals surface area contributed by atoms with Gasteiger partial charge in [-0.25, -0.2) is 0 Å². The summed E-state index contributed by atoms with van der Waals surface area (Å²) in [4.78, 5) is 12.1. The number of hydrogen-bond donors (Lipinski definition) is 1. The highest BCUT2D eigenvalue weighted by Gasteiger charge is 2.12. The summed E-state index contributed by atoms with van der Waals surface area (Å²) in [7, 11) is 1.50. The summed E-state index contributed by atoms with van der Waals surface area (Å²) in [5, 5.41) is 3.32. The van der Waals surface area contributed by atoms with Crippen LogP contribution in [-0.4, -0.2) is 13.0 Å². The topological polar surface area (TPSA) is 38.3 Å². The van der Waals surface area contributed by atoms with Crippen molar-refractivity contribution in [2.75, 3.05) is 12.4 Å². The number of rotatable bonds is 3. The van der Waals surface area contributed by atoms with Crippen molar-refractivity contribution >= 4 is 39.1 Å². The lowest BCUT2D eigenvalue weighted by Crippen LogP contribution is -2.13. The van der Waals surface area contributed by atoms with Gasteiger partial charge in [0.15, 0.2) is 0 Å². The lowest BCUT2D eigenvalue weighted by atomic mass is 10.2. The maximum Gasteiger partial charge on any atom is 0.259 e. The van der Waals surface area contributed by atoms with Crippen LogP contribution in [0.15, 0.2) is 46.9 Å². The van der Waals surface area contributed by atoms with Crippen molar-refractivity contribution in [3.8, 4) is 5.75 Å². The van der Waals surface area contributed by atoms with Crippen LogP contribution in [0.5, 0.6) is 5.75 Å². The number of carbonyl (C=O) groups is 1. The summed E-state index contributed by atoms with van der Waals surface area (Å²) in [6.45, 7) is 0. The van der Waals surface area contributed by atoms with Gasteiger partial charge in [0.2, 0.25) is 0 Å². The van der Waals surface area contributed by atoms with Crippen LogP contribution in [0.1, 0.15) is 10.4 Å². The quantitative estimate of drug-likeness (QED) is 0.901. The number of benzene rings is 2. The third kappa shape index (κ3) is 3.49. The molecule has 19 heavy (non-hydrogen) atoms. The highest BCUT2D eigenvalue weighted by Crippen LogP contribution is 2.24. The van der Waals surface area contributed by atoms with Crippen molar-refractivity contribution in [3.63, 3.8) is 0 Å². The summed E-state index contributed by atoms with van der Waals surface area (Å²) >= 11 is 9.20. The molecule has 0 radical (unpaired) electrons. The Balaban J connectivity index is 2.22. The fourth-order valence-electron chi connectivity index (χ4n) is 1.58. The molecule has 0 fully saturated rings. The van der Waals surface area contributed by atoms with Gasteiger partial charge in [-0.3, -0.25) is 4.79 Å². The molecule has 0 saturated heterocycles. The van der Waals surface area contributed by atoms with Crippen LogP contribution in [0.4, 0.5) is 5.69 Å². The Morgan fingerprint density at radius 2 is 1.89 bits per heavy atom. The minimum atomic E-state index is -0.240. The number of amides is 1. The molecule has 2 rings (SSSR count). The van der Waals surface area contributed by atoms with E-state index < -0.39 is 0 Å². The molecule has 0 aliphatic rings. The zero-order valence-electron chi connectivity index (χ0n) is 10.1. The van der Waals surface area contributed by atoms with Gasteiger partial charge in [0, 0.05) is 15.2 Å². The molecule has 0 aliphatic carbocycles. The molecule has 5 heteroatoms. The molecule has 0 aliphatic heterocycles. The first-order valence-electron chi connectivity index (χ1n) is 5.50. The van der Waals surface area contributed by atoms with E-state index in [2.05, 4.69) is 21.2 Å². The lowest BCUT2D eigenvalue weighted by Gasteiger charge is -2.09. The Kier molecular flexibility index (Phi) is 4.45. The van der Waals surface area contributed by atoms with E-state index in [0.29, 0.717) is 22.0 Å². The Labute approximate surface area is 124 Å². The molecule has 98 valence electrons. The van der Waals surface area contributed by atoms with Crippen LogP contribution in [0.3, 0.4) is 0 Å². The number of methoxy groups -OCH3 is 1. The molecule has 0 bridgehead atoms. The van der Waals surface area contributed by atoms with Crippen LogP contribution in [0.2, 0.25) is 5.02 Å². The minimum Gasteiger partial charge on any atom is -0.496 e. The average molecular weight is 341 g/mol. The second-order valence-corrected chi connectivity index (χ2v) is 5.16. The monoisotopic (exact) mass is 339 g/mol. The molecule has 1 N–H and O–H groups in total. The predicted molar refractivity (Wildman–Crippen MR) is 80.1 cm³/mol. The first-order valence-corrected chi connectivity index (χ1v) is 6.67. The predicted octanol–water partition coefficient (Wildman–Crippen LogP) is 4.36. The summed E-state index contributed by atoms with van der Waals surface area (Å²) in [5.74, 6) is 0.206. The molecule has 0 spiro atoms. The lowest BCUT2D eigenvalue weighted by molar-refractivity contribution is 0.102. The molecular formula is C14H11BrClNO2. The van der Waals surface area contributed by atoms with Crippen molar-refractivity contribution in [2.24, 2.45) is 0 Å². The third-order valence-electron chi connectivity index (χ3n) is 2.51. The number of ether oxygens (including phenoxy) is 1. The number of carbonyl (C=O) groups excluding carboxylic acids is 1. The Morgan fingerprint density at radius 1 is 1.21 bits per heavy atom. The number of halogens is 2. The molecule has 0 saturated carbocycles. The highest BCUT2D eigenvalue weighted by molar-refractivity contribution is 9.10. The van der Waals surface area contributed by atoms with Gasteiger partial charge in [-0.05, 0) is 42.5 Å². The second kappa shape index (κ2) is 6.08. The molecule has 0 unspecified atom stereocenters. The van der Waals surface area contributed by atoms with Gasteiger partial charge in [0.1, 0.15) is 5.75 Å². The fraction of sp³-hybridized carbons (Fsp3) is 0.0714. The van der Waals surface area contributed by atoms with Gasteiger partial charge in [-0.15, -0.1) is 0 Å². The van der Waals surface area contributed by atoms with E-state index in [1.165, 1.54) is 7.11 Å². The van der Waals surface area contributed by atoms with Gasteiger partial charge >= 0.3 is 0 Å². The number of hydrogen-bond acceptors (Lipinski definition) is 2. The van der Waals surface area contributed by atoms with E-state index in [1.807, 2.05) is 24.3 Å². The van der Waals surface area contributed by atoms with E-state index >= 15 is 0 Å². The maximum atomic E-state index is 12.1. The van der Waals surface area contributed by atoms with Crippen LogP contribution < -0.4 is 10.1 Å². The smallest absolute Gasteiger partial charge is 0.259 e. The average Bonchev–Trinajstić information content (AvgIpc) is 2.41. The van der Waals surface area contributed by atoms with Gasteiger partial charge in [-0.1, -0.05) is 27.5 Å². The normalized spacial score (nSPS) is 10.1. The summed E-state index contributed by atoms with van der Waals surface area (Å²) in [6.07, 6.45) is 0. The van der Waals surface area contributed by atoms with Crippen molar-refractivity contribution < 1.29 is 9.53 Å². The molecular weight excluding hydrogens is 330 g/mol. The van der Waals surface area contributed by atoms with Crippen LogP contribution in [0.25, 0.3) is 0 Å². The van der Waals surface area contributed by atoms with E-state index in [0.717, 1.165) is 4.47 Å². The first-order chi connectivity index (χ1) is 9.10. The summed E-state index contributed by atoms with van der Waals surface area (Å²) in [6, 6.07) is 12.2. The van der Waals surface area contributed by atoms with Crippen molar-refractivity contribution in [1.82, 2.24) is 0 Å². The van der Waals surface area contributed by atoms with E-state index in [1.54, 1.807) is 18.2 Å². The van der Waals surface area contributed by atoms with Crippen molar-refractivity contribution in [2.45, 2.75) is 0 Å². The van der Waals surface area contributed by atoms with Crippen LogP contribution in [-0.2, 0) is 0 Å². The van der Waals surface area contributed by atoms with Crippen molar-refractivity contribution in [1.29, 1.82) is 0 Å². The third-order valence-corrected chi connectivity index (χ3v) is 3.27. The van der Waals surface area contributed by atoms with Crippen LogP contribution >= 0.6 is 27.5 Å². The van der Waals surface area contributed by atoms with E-state index in [4.69, 9.17) is 16.3 Å². The molecule has 1 amide bonds. The molecule has 0 aromatic heterocycles. The van der Waals surface area contributed by atoms with Gasteiger partial charge < -0.3 is 10.1 Å². The zero-order valence-corrected chi connectivity index (χ0v) is 12.5. The highest BCUT2D eigenvalue weighted by atomic mass is 79.9. The number of anilines is 1. The van der Waals surface area contributed by atoms with E-state index in [9.17, 15) is 4.79 Å². The summed E-state index contributed by atoms with van der Waals surface area (Å²) in [5.41, 5.74) is 1.15. The molecule has 0 heterocycles. The van der Waals surface area contributed by atoms with Gasteiger partial charge in [-0.2, -0.15) is 0 Å². The minimum absolute atomic E-state index is 0.240. The Morgan fingerprint density at radius 3 is 2.53 bits per heavy atom. The number of nitrogens with one attached hydrogen (secondary N) is 1. The molecule has 0 atom stereocenters. The largest absolute Gasteiger partial charge is 0.496 e. The van der Waals surface area contributed by atoms with E-state index in [-0.39, 0.29) is 5.91 Å². The fourth-order valence-corrected chi connectivity index (χ4v) is 2.01. The second-order valence-electron chi connectivity index (χ2n) is 3.81. The molecule has 3 nitrogen and oxygen atoms in total. The Hall–Kier alpha value is -1.52. The standard InChI is InChI=1S/C14H11BrClNO2/c1-19-13-8-10(16)4-7-12(13)14(18)17-11-5-2-9(15)3-6-11/h2-8H,1H3,(H,17,18). The first kappa shape index (κ1) is 13.9. The van der Waals surface area contributed by atoms with Gasteiger partial charge in [0.05, 0.1) is 12.7 Å². The maximum absolute atomic E-state index is 12.1. The van der Waals surface area contributed by atoms with Crippen LogP contribution in [0, 0.1) is 0 Å². The SMILES string of the molecule is COc1cc(Cl)ccc1C(=O)Nc1ccc(Br)cc1. The summed E-state index contributed by atoms with van der Waals surface area (Å²) < 4.78 is 6.10. The Bertz CT molecular complexity index is 599. The molecule has 2 aromatic rings. The van der Waals surface area contributed by atoms with Gasteiger partial charge in [0.25, 0.3) is 5.91 Å². The molecule has 2 aromatic carbocycles.